The first-order chi connectivity index (χ1) is 7.99. The second kappa shape index (κ2) is 6.62. The number of hydrogen-bond acceptors (Lipinski definition) is 3. The fourth-order valence-corrected chi connectivity index (χ4v) is 1.54. The van der Waals surface area contributed by atoms with E-state index < -0.39 is 0 Å². The number of rotatable bonds is 5. The summed E-state index contributed by atoms with van der Waals surface area (Å²) in [5, 5.41) is 3.81. The van der Waals surface area contributed by atoms with E-state index in [1.807, 2.05) is 45.0 Å². The van der Waals surface area contributed by atoms with Gasteiger partial charge in [0.15, 0.2) is 0 Å². The van der Waals surface area contributed by atoms with Crippen molar-refractivity contribution in [2.45, 2.75) is 32.9 Å². The second-order valence-electron chi connectivity index (χ2n) is 4.19. The molecule has 3 nitrogen and oxygen atoms in total. The van der Waals surface area contributed by atoms with E-state index in [4.69, 9.17) is 16.3 Å². The summed E-state index contributed by atoms with van der Waals surface area (Å²) in [5.74, 6) is -0.235. The highest BCUT2D eigenvalue weighted by Gasteiger charge is 2.09. The van der Waals surface area contributed by atoms with Gasteiger partial charge in [0.2, 0.25) is 0 Å². The highest BCUT2D eigenvalue weighted by atomic mass is 35.5. The summed E-state index contributed by atoms with van der Waals surface area (Å²) in [6.07, 6.45) is -0.0739. The molecule has 0 aliphatic heterocycles. The lowest BCUT2D eigenvalue weighted by Crippen LogP contribution is -2.28. The third kappa shape index (κ3) is 5.20. The van der Waals surface area contributed by atoms with Gasteiger partial charge in [0.25, 0.3) is 0 Å². The molecule has 0 amide bonds. The van der Waals surface area contributed by atoms with Crippen molar-refractivity contribution in [3.8, 4) is 0 Å². The van der Waals surface area contributed by atoms with Gasteiger partial charge in [-0.2, -0.15) is 0 Å². The summed E-state index contributed by atoms with van der Waals surface area (Å²) < 4.78 is 5.03. The molecule has 4 heteroatoms. The first-order valence-electron chi connectivity index (χ1n) is 5.67. The SMILES string of the molecule is CC(C)OC(=O)CN[C@H](C)c1ccc(Cl)cc1. The molecule has 1 aromatic rings. The van der Waals surface area contributed by atoms with Crippen LogP contribution in [0.1, 0.15) is 32.4 Å². The molecular formula is C13H18ClNO2. The van der Waals surface area contributed by atoms with Gasteiger partial charge in [0.05, 0.1) is 12.6 Å². The standard InChI is InChI=1S/C13H18ClNO2/c1-9(2)17-13(16)8-15-10(3)11-4-6-12(14)7-5-11/h4-7,9-10,15H,8H2,1-3H3/t10-/m1/s1. The van der Waals surface area contributed by atoms with Crippen molar-refractivity contribution in [2.75, 3.05) is 6.54 Å². The fraction of sp³-hybridized carbons (Fsp3) is 0.462. The molecular weight excluding hydrogens is 238 g/mol. The van der Waals surface area contributed by atoms with Crippen LogP contribution in [0.4, 0.5) is 0 Å². The maximum atomic E-state index is 11.3. The zero-order valence-corrected chi connectivity index (χ0v) is 11.1. The molecule has 0 unspecified atom stereocenters. The van der Waals surface area contributed by atoms with Crippen LogP contribution in [-0.4, -0.2) is 18.6 Å². The molecule has 94 valence electrons. The summed E-state index contributed by atoms with van der Waals surface area (Å²) >= 11 is 5.81. The normalized spacial score (nSPS) is 12.5. The highest BCUT2D eigenvalue weighted by Crippen LogP contribution is 2.15. The van der Waals surface area contributed by atoms with E-state index in [0.29, 0.717) is 5.02 Å². The molecule has 1 aromatic carbocycles. The molecule has 1 rings (SSSR count). The molecule has 0 aliphatic rings. The van der Waals surface area contributed by atoms with Crippen LogP contribution >= 0.6 is 11.6 Å². The Morgan fingerprint density at radius 3 is 2.41 bits per heavy atom. The van der Waals surface area contributed by atoms with Crippen LogP contribution < -0.4 is 5.32 Å². The van der Waals surface area contributed by atoms with Gasteiger partial charge in [-0.3, -0.25) is 4.79 Å². The van der Waals surface area contributed by atoms with Gasteiger partial charge in [-0.15, -0.1) is 0 Å². The lowest BCUT2D eigenvalue weighted by Gasteiger charge is -2.14. The molecule has 0 fully saturated rings. The van der Waals surface area contributed by atoms with Crippen LogP contribution in [0.25, 0.3) is 0 Å². The number of benzene rings is 1. The molecule has 0 aliphatic carbocycles. The van der Waals surface area contributed by atoms with Crippen LogP contribution in [0, 0.1) is 0 Å². The number of halogens is 1. The summed E-state index contributed by atoms with van der Waals surface area (Å²) in [7, 11) is 0. The smallest absolute Gasteiger partial charge is 0.320 e. The molecule has 0 heterocycles. The maximum absolute atomic E-state index is 11.3. The Morgan fingerprint density at radius 1 is 1.29 bits per heavy atom. The Kier molecular flexibility index (Phi) is 5.45. The molecule has 0 spiro atoms. The van der Waals surface area contributed by atoms with Gasteiger partial charge < -0.3 is 10.1 Å². The number of hydrogen-bond donors (Lipinski definition) is 1. The Hall–Kier alpha value is -1.06. The number of ether oxygens (including phenoxy) is 1. The average Bonchev–Trinajstić information content (AvgIpc) is 2.26. The Morgan fingerprint density at radius 2 is 1.88 bits per heavy atom. The third-order valence-corrected chi connectivity index (χ3v) is 2.54. The van der Waals surface area contributed by atoms with Crippen LogP contribution in [0.15, 0.2) is 24.3 Å². The van der Waals surface area contributed by atoms with Gasteiger partial charge in [-0.25, -0.2) is 0 Å². The molecule has 0 aromatic heterocycles. The van der Waals surface area contributed by atoms with Crippen LogP contribution in [-0.2, 0) is 9.53 Å². The third-order valence-electron chi connectivity index (χ3n) is 2.29. The zero-order chi connectivity index (χ0) is 12.8. The van der Waals surface area contributed by atoms with Crippen molar-refractivity contribution < 1.29 is 9.53 Å². The predicted molar refractivity (Wildman–Crippen MR) is 69.1 cm³/mol. The van der Waals surface area contributed by atoms with E-state index in [1.54, 1.807) is 0 Å². The quantitative estimate of drug-likeness (QED) is 0.822. The number of esters is 1. The molecule has 0 radical (unpaired) electrons. The fourth-order valence-electron chi connectivity index (χ4n) is 1.41. The lowest BCUT2D eigenvalue weighted by molar-refractivity contribution is -0.146. The molecule has 0 saturated heterocycles. The average molecular weight is 256 g/mol. The summed E-state index contributed by atoms with van der Waals surface area (Å²) in [6, 6.07) is 7.64. The van der Waals surface area contributed by atoms with E-state index in [1.165, 1.54) is 0 Å². The predicted octanol–water partition coefficient (Wildman–Crippen LogP) is 2.94. The van der Waals surface area contributed by atoms with Gasteiger partial charge >= 0.3 is 5.97 Å². The zero-order valence-electron chi connectivity index (χ0n) is 10.4. The minimum atomic E-state index is -0.235. The lowest BCUT2D eigenvalue weighted by atomic mass is 10.1. The highest BCUT2D eigenvalue weighted by molar-refractivity contribution is 6.30. The first-order valence-corrected chi connectivity index (χ1v) is 6.05. The largest absolute Gasteiger partial charge is 0.462 e. The minimum Gasteiger partial charge on any atom is -0.462 e. The van der Waals surface area contributed by atoms with E-state index in [9.17, 15) is 4.79 Å². The van der Waals surface area contributed by atoms with E-state index in [-0.39, 0.29) is 24.7 Å². The van der Waals surface area contributed by atoms with Crippen molar-refractivity contribution in [1.29, 1.82) is 0 Å². The van der Waals surface area contributed by atoms with E-state index in [0.717, 1.165) is 5.56 Å². The van der Waals surface area contributed by atoms with Crippen molar-refractivity contribution in [1.82, 2.24) is 5.32 Å². The van der Waals surface area contributed by atoms with Crippen LogP contribution in [0.2, 0.25) is 5.02 Å². The van der Waals surface area contributed by atoms with Crippen molar-refractivity contribution in [3.05, 3.63) is 34.9 Å². The summed E-state index contributed by atoms with van der Waals surface area (Å²) in [4.78, 5) is 11.3. The molecule has 0 bridgehead atoms. The number of carbonyl (C=O) groups is 1. The Labute approximate surface area is 107 Å². The van der Waals surface area contributed by atoms with Gasteiger partial charge in [0, 0.05) is 11.1 Å². The summed E-state index contributed by atoms with van der Waals surface area (Å²) in [6.45, 7) is 5.87. The van der Waals surface area contributed by atoms with Gasteiger partial charge in [-0.1, -0.05) is 23.7 Å². The second-order valence-corrected chi connectivity index (χ2v) is 4.63. The summed E-state index contributed by atoms with van der Waals surface area (Å²) in [5.41, 5.74) is 1.09. The maximum Gasteiger partial charge on any atom is 0.320 e. The van der Waals surface area contributed by atoms with Crippen LogP contribution in [0.3, 0.4) is 0 Å². The molecule has 1 N–H and O–H groups in total. The van der Waals surface area contributed by atoms with Gasteiger partial charge in [-0.05, 0) is 38.5 Å². The van der Waals surface area contributed by atoms with Crippen molar-refractivity contribution >= 4 is 17.6 Å². The van der Waals surface area contributed by atoms with Crippen LogP contribution in [0.5, 0.6) is 0 Å². The first kappa shape index (κ1) is 14.0. The van der Waals surface area contributed by atoms with Gasteiger partial charge in [0.1, 0.15) is 0 Å². The molecule has 0 saturated carbocycles. The topological polar surface area (TPSA) is 38.3 Å². The van der Waals surface area contributed by atoms with E-state index in [2.05, 4.69) is 5.32 Å². The van der Waals surface area contributed by atoms with E-state index >= 15 is 0 Å². The molecule has 1 atom stereocenters. The van der Waals surface area contributed by atoms with Crippen molar-refractivity contribution in [2.24, 2.45) is 0 Å². The monoisotopic (exact) mass is 255 g/mol. The number of carbonyl (C=O) groups excluding carboxylic acids is 1. The Bertz CT molecular complexity index is 362. The minimum absolute atomic E-state index is 0.0739. The number of nitrogens with one attached hydrogen (secondary N) is 1. The van der Waals surface area contributed by atoms with Crippen molar-refractivity contribution in [3.63, 3.8) is 0 Å². The molecule has 17 heavy (non-hydrogen) atoms. The Balaban J connectivity index is 2.42.